The highest BCUT2D eigenvalue weighted by molar-refractivity contribution is 5.79. The number of hydrogen-bond donors (Lipinski definition) is 3. The number of aliphatic carboxylic acids is 1. The van der Waals surface area contributed by atoms with E-state index in [1.807, 2.05) is 36.4 Å². The van der Waals surface area contributed by atoms with Crippen molar-refractivity contribution in [3.63, 3.8) is 0 Å². The third-order valence-corrected chi connectivity index (χ3v) is 6.09. The number of carbonyl (C=O) groups excluding carboxylic acids is 2. The molecule has 3 atom stereocenters. The Morgan fingerprint density at radius 2 is 1.58 bits per heavy atom. The van der Waals surface area contributed by atoms with Gasteiger partial charge in [-0.1, -0.05) is 48.5 Å². The minimum atomic E-state index is -0.983. The van der Waals surface area contributed by atoms with Crippen LogP contribution in [0.3, 0.4) is 0 Å². The molecule has 0 radical (unpaired) electrons. The molecule has 0 spiro atoms. The Kier molecular flexibility index (Phi) is 8.06. The number of benzene rings is 2. The molecule has 0 bridgehead atoms. The molecule has 0 aliphatic heterocycles. The lowest BCUT2D eigenvalue weighted by Gasteiger charge is -2.20. The van der Waals surface area contributed by atoms with Crippen LogP contribution in [0.25, 0.3) is 11.1 Å². The summed E-state index contributed by atoms with van der Waals surface area (Å²) < 4.78 is 10.8. The first-order valence-electron chi connectivity index (χ1n) is 11.0. The number of nitrogens with one attached hydrogen (secondary N) is 2. The lowest BCUT2D eigenvalue weighted by molar-refractivity contribution is -0.142. The van der Waals surface area contributed by atoms with Crippen molar-refractivity contribution in [2.24, 2.45) is 5.92 Å². The number of fused-ring (bicyclic) bond motifs is 3. The Hall–Kier alpha value is -3.39. The number of carbonyl (C=O) groups is 3. The van der Waals surface area contributed by atoms with Crippen LogP contribution in [0.2, 0.25) is 0 Å². The average molecular weight is 455 g/mol. The van der Waals surface area contributed by atoms with Crippen molar-refractivity contribution in [3.05, 3.63) is 59.7 Å². The maximum absolute atomic E-state index is 12.3. The second-order valence-corrected chi connectivity index (χ2v) is 8.25. The van der Waals surface area contributed by atoms with Gasteiger partial charge in [0.2, 0.25) is 5.91 Å². The normalized spacial score (nSPS) is 15.0. The SMILES string of the molecule is COC(CNC(=O)OCC1c2ccccc2-c2ccccc21)CC(=O)NC(C)C(C)C(=O)O. The molecule has 0 saturated carbocycles. The minimum absolute atomic E-state index is 0.0170. The largest absolute Gasteiger partial charge is 0.481 e. The van der Waals surface area contributed by atoms with Gasteiger partial charge in [-0.25, -0.2) is 4.79 Å². The second kappa shape index (κ2) is 11.0. The van der Waals surface area contributed by atoms with Crippen molar-refractivity contribution in [3.8, 4) is 11.1 Å². The molecular weight excluding hydrogens is 424 g/mol. The highest BCUT2D eigenvalue weighted by atomic mass is 16.5. The first-order chi connectivity index (χ1) is 15.8. The molecule has 0 aromatic heterocycles. The number of amides is 2. The molecular formula is C25H30N2O6. The molecule has 176 valence electrons. The monoisotopic (exact) mass is 454 g/mol. The van der Waals surface area contributed by atoms with Gasteiger partial charge in [-0.15, -0.1) is 0 Å². The molecule has 1 aliphatic carbocycles. The van der Waals surface area contributed by atoms with Crippen molar-refractivity contribution in [2.75, 3.05) is 20.3 Å². The Bertz CT molecular complexity index is 962. The van der Waals surface area contributed by atoms with Crippen molar-refractivity contribution in [2.45, 2.75) is 38.3 Å². The summed E-state index contributed by atoms with van der Waals surface area (Å²) in [7, 11) is 1.45. The molecule has 8 heteroatoms. The van der Waals surface area contributed by atoms with Gasteiger partial charge in [0.15, 0.2) is 0 Å². The van der Waals surface area contributed by atoms with Crippen molar-refractivity contribution >= 4 is 18.0 Å². The zero-order chi connectivity index (χ0) is 24.0. The zero-order valence-corrected chi connectivity index (χ0v) is 19.0. The van der Waals surface area contributed by atoms with E-state index in [9.17, 15) is 14.4 Å². The van der Waals surface area contributed by atoms with Gasteiger partial charge in [-0.05, 0) is 36.1 Å². The number of methoxy groups -OCH3 is 1. The molecule has 0 heterocycles. The molecule has 0 saturated heterocycles. The zero-order valence-electron chi connectivity index (χ0n) is 19.0. The van der Waals surface area contributed by atoms with Crippen molar-refractivity contribution < 1.29 is 29.0 Å². The summed E-state index contributed by atoms with van der Waals surface area (Å²) in [4.78, 5) is 35.6. The lowest BCUT2D eigenvalue weighted by atomic mass is 9.98. The topological polar surface area (TPSA) is 114 Å². The van der Waals surface area contributed by atoms with E-state index in [-0.39, 0.29) is 31.4 Å². The van der Waals surface area contributed by atoms with Crippen LogP contribution in [0.4, 0.5) is 4.79 Å². The molecule has 33 heavy (non-hydrogen) atoms. The number of carboxylic acids is 1. The summed E-state index contributed by atoms with van der Waals surface area (Å²) in [6.07, 6.45) is -1.18. The summed E-state index contributed by atoms with van der Waals surface area (Å²) in [5.74, 6) is -2.08. The molecule has 2 aromatic rings. The number of ether oxygens (including phenoxy) is 2. The van der Waals surface area contributed by atoms with E-state index < -0.39 is 30.1 Å². The van der Waals surface area contributed by atoms with E-state index in [1.165, 1.54) is 14.0 Å². The quantitative estimate of drug-likeness (QED) is 0.508. The Morgan fingerprint density at radius 1 is 1.00 bits per heavy atom. The van der Waals surface area contributed by atoms with Gasteiger partial charge in [0.25, 0.3) is 0 Å². The fourth-order valence-corrected chi connectivity index (χ4v) is 3.94. The molecule has 2 aromatic carbocycles. The molecule has 3 rings (SSSR count). The molecule has 8 nitrogen and oxygen atoms in total. The van der Waals surface area contributed by atoms with E-state index in [0.29, 0.717) is 0 Å². The summed E-state index contributed by atoms with van der Waals surface area (Å²) in [6.45, 7) is 3.44. The first kappa shape index (κ1) is 24.3. The Labute approximate surface area is 193 Å². The predicted octanol–water partition coefficient (Wildman–Crippen LogP) is 3.16. The number of hydrogen-bond acceptors (Lipinski definition) is 5. The van der Waals surface area contributed by atoms with Crippen LogP contribution in [0, 0.1) is 5.92 Å². The van der Waals surface area contributed by atoms with Gasteiger partial charge < -0.3 is 25.2 Å². The Morgan fingerprint density at radius 3 is 2.12 bits per heavy atom. The highest BCUT2D eigenvalue weighted by Crippen LogP contribution is 2.44. The average Bonchev–Trinajstić information content (AvgIpc) is 3.13. The van der Waals surface area contributed by atoms with Gasteiger partial charge in [0.1, 0.15) is 6.61 Å². The molecule has 1 aliphatic rings. The predicted molar refractivity (Wildman–Crippen MR) is 123 cm³/mol. The molecule has 3 unspecified atom stereocenters. The summed E-state index contributed by atoms with van der Waals surface area (Å²) in [6, 6.07) is 15.7. The summed E-state index contributed by atoms with van der Waals surface area (Å²) >= 11 is 0. The fourth-order valence-electron chi connectivity index (χ4n) is 3.94. The maximum Gasteiger partial charge on any atom is 0.407 e. The van der Waals surface area contributed by atoms with Crippen LogP contribution in [0.1, 0.15) is 37.3 Å². The van der Waals surface area contributed by atoms with Crippen molar-refractivity contribution in [1.82, 2.24) is 10.6 Å². The van der Waals surface area contributed by atoms with E-state index in [4.69, 9.17) is 14.6 Å². The number of rotatable bonds is 10. The van der Waals surface area contributed by atoms with Gasteiger partial charge in [-0.3, -0.25) is 9.59 Å². The number of carboxylic acid groups (broad SMARTS) is 1. The van der Waals surface area contributed by atoms with E-state index in [2.05, 4.69) is 22.8 Å². The second-order valence-electron chi connectivity index (χ2n) is 8.25. The van der Waals surface area contributed by atoms with Crippen molar-refractivity contribution in [1.29, 1.82) is 0 Å². The third-order valence-electron chi connectivity index (χ3n) is 6.09. The van der Waals surface area contributed by atoms with E-state index in [0.717, 1.165) is 22.3 Å². The van der Waals surface area contributed by atoms with Gasteiger partial charge >= 0.3 is 12.1 Å². The smallest absolute Gasteiger partial charge is 0.407 e. The minimum Gasteiger partial charge on any atom is -0.481 e. The van der Waals surface area contributed by atoms with Gasteiger partial charge in [-0.2, -0.15) is 0 Å². The summed E-state index contributed by atoms with van der Waals surface area (Å²) in [5.41, 5.74) is 4.56. The highest BCUT2D eigenvalue weighted by Gasteiger charge is 2.29. The first-order valence-corrected chi connectivity index (χ1v) is 11.0. The van der Waals surface area contributed by atoms with Gasteiger partial charge in [0.05, 0.1) is 18.4 Å². The van der Waals surface area contributed by atoms with Crippen LogP contribution in [-0.2, 0) is 19.1 Å². The van der Waals surface area contributed by atoms with Crippen LogP contribution >= 0.6 is 0 Å². The van der Waals surface area contributed by atoms with E-state index in [1.54, 1.807) is 6.92 Å². The summed E-state index contributed by atoms with van der Waals surface area (Å²) in [5, 5.41) is 14.3. The Balaban J connectivity index is 1.49. The van der Waals surface area contributed by atoms with Crippen LogP contribution in [0.5, 0.6) is 0 Å². The molecule has 3 N–H and O–H groups in total. The van der Waals surface area contributed by atoms with E-state index >= 15 is 0 Å². The third kappa shape index (κ3) is 5.90. The lowest BCUT2D eigenvalue weighted by Crippen LogP contribution is -2.43. The fraction of sp³-hybridized carbons (Fsp3) is 0.400. The standard InChI is InChI=1S/C25H30N2O6/c1-15(24(29)30)16(2)27-23(28)12-17(32-3)13-26-25(31)33-14-22-20-10-6-4-8-18(20)19-9-5-7-11-21(19)22/h4-11,15-17,22H,12-14H2,1-3H3,(H,26,31)(H,27,28)(H,29,30). The molecule has 2 amide bonds. The maximum atomic E-state index is 12.3. The van der Waals surface area contributed by atoms with Crippen LogP contribution in [-0.4, -0.2) is 55.5 Å². The van der Waals surface area contributed by atoms with Crippen LogP contribution < -0.4 is 10.6 Å². The number of alkyl carbamates (subject to hydrolysis) is 1. The van der Waals surface area contributed by atoms with Crippen LogP contribution in [0.15, 0.2) is 48.5 Å². The van der Waals surface area contributed by atoms with Gasteiger partial charge in [0, 0.05) is 25.6 Å². The molecule has 0 fully saturated rings.